The zero-order valence-corrected chi connectivity index (χ0v) is 21.7. The highest BCUT2D eigenvalue weighted by atomic mass is 16.6. The Morgan fingerprint density at radius 3 is 2.83 bits per heavy atom. The number of aliphatic hydroxyl groups excluding tert-OH is 1. The van der Waals surface area contributed by atoms with Crippen molar-refractivity contribution in [1.29, 1.82) is 0 Å². The Bertz CT molecular complexity index is 886. The van der Waals surface area contributed by atoms with Gasteiger partial charge < -0.3 is 24.1 Å². The quantitative estimate of drug-likeness (QED) is 0.330. The molecule has 1 N–H and O–H groups in total. The number of hydrogen-bond acceptors (Lipinski definition) is 6. The largest absolute Gasteiger partial charge is 0.456 e. The Balaban J connectivity index is 1.41. The minimum Gasteiger partial charge on any atom is -0.456 e. The van der Waals surface area contributed by atoms with E-state index in [0.29, 0.717) is 25.4 Å². The zero-order valence-electron chi connectivity index (χ0n) is 21.7. The van der Waals surface area contributed by atoms with Gasteiger partial charge in [-0.15, -0.1) is 0 Å². The van der Waals surface area contributed by atoms with Crippen LogP contribution in [0.5, 0.6) is 0 Å². The van der Waals surface area contributed by atoms with E-state index in [1.165, 1.54) is 17.2 Å². The zero-order chi connectivity index (χ0) is 25.5. The van der Waals surface area contributed by atoms with Crippen LogP contribution in [0.1, 0.15) is 65.2 Å². The van der Waals surface area contributed by atoms with E-state index in [1.54, 1.807) is 12.2 Å². The molecule has 6 nitrogen and oxygen atoms in total. The molecule has 8 atom stereocenters. The minimum absolute atomic E-state index is 0.0204. The van der Waals surface area contributed by atoms with Crippen LogP contribution in [0.4, 0.5) is 0 Å². The van der Waals surface area contributed by atoms with Crippen molar-refractivity contribution in [2.75, 3.05) is 6.61 Å². The molecule has 4 unspecified atom stereocenters. The van der Waals surface area contributed by atoms with E-state index in [9.17, 15) is 9.90 Å². The van der Waals surface area contributed by atoms with Gasteiger partial charge in [-0.2, -0.15) is 0 Å². The van der Waals surface area contributed by atoms with Gasteiger partial charge in [0.05, 0.1) is 37.1 Å². The molecule has 36 heavy (non-hydrogen) atoms. The first-order valence-corrected chi connectivity index (χ1v) is 13.5. The number of fused-ring (bicyclic) bond motifs is 3. The van der Waals surface area contributed by atoms with Gasteiger partial charge in [-0.3, -0.25) is 0 Å². The fourth-order valence-electron chi connectivity index (χ4n) is 5.36. The van der Waals surface area contributed by atoms with Gasteiger partial charge in [0, 0.05) is 12.5 Å². The van der Waals surface area contributed by atoms with Crippen LogP contribution >= 0.6 is 0 Å². The third-order valence-electron chi connectivity index (χ3n) is 7.41. The summed E-state index contributed by atoms with van der Waals surface area (Å²) in [6.45, 7) is 9.22. The molecule has 0 aromatic rings. The highest BCUT2D eigenvalue weighted by Crippen LogP contribution is 2.34. The molecule has 4 rings (SSSR count). The second-order valence-corrected chi connectivity index (χ2v) is 10.9. The van der Waals surface area contributed by atoms with Crippen LogP contribution in [0.25, 0.3) is 0 Å². The number of allylic oxidation sites excluding steroid dienone is 1. The lowest BCUT2D eigenvalue weighted by atomic mass is 9.91. The maximum Gasteiger partial charge on any atom is 0.330 e. The molecule has 2 bridgehead atoms. The van der Waals surface area contributed by atoms with Crippen molar-refractivity contribution in [2.24, 2.45) is 5.92 Å². The number of rotatable bonds is 3. The summed E-state index contributed by atoms with van der Waals surface area (Å²) in [5, 5.41) is 10.9. The molecule has 1 fully saturated rings. The summed E-state index contributed by atoms with van der Waals surface area (Å²) in [6, 6.07) is 0. The van der Waals surface area contributed by atoms with Crippen molar-refractivity contribution in [3.63, 3.8) is 0 Å². The lowest BCUT2D eigenvalue weighted by Gasteiger charge is -2.28. The van der Waals surface area contributed by atoms with Crippen molar-refractivity contribution < 1.29 is 28.8 Å². The van der Waals surface area contributed by atoms with Gasteiger partial charge >= 0.3 is 5.97 Å². The highest BCUT2D eigenvalue weighted by Gasteiger charge is 2.42. The predicted octanol–water partition coefficient (Wildman–Crippen LogP) is 5.13. The molecule has 0 saturated carbocycles. The van der Waals surface area contributed by atoms with Crippen molar-refractivity contribution in [3.05, 3.63) is 60.3 Å². The Hall–Kier alpha value is -1.99. The van der Waals surface area contributed by atoms with E-state index in [4.69, 9.17) is 18.9 Å². The number of esters is 1. The molecule has 4 heterocycles. The molecular weight excluding hydrogens is 456 g/mol. The van der Waals surface area contributed by atoms with Crippen LogP contribution in [0.15, 0.2) is 60.3 Å². The third kappa shape index (κ3) is 8.55. The maximum atomic E-state index is 12.6. The van der Waals surface area contributed by atoms with Crippen molar-refractivity contribution in [2.45, 2.75) is 108 Å². The monoisotopic (exact) mass is 498 g/mol. The molecule has 198 valence electrons. The second-order valence-electron chi connectivity index (χ2n) is 10.9. The van der Waals surface area contributed by atoms with Crippen LogP contribution in [0.2, 0.25) is 0 Å². The molecule has 4 aliphatic heterocycles. The number of ether oxygens (including phenoxy) is 4. The topological polar surface area (TPSA) is 77.5 Å². The Morgan fingerprint density at radius 1 is 1.14 bits per heavy atom. The second kappa shape index (κ2) is 13.0. The van der Waals surface area contributed by atoms with E-state index in [2.05, 4.69) is 38.7 Å². The summed E-state index contributed by atoms with van der Waals surface area (Å²) < 4.78 is 23.6. The Morgan fingerprint density at radius 2 is 2.00 bits per heavy atom. The third-order valence-corrected chi connectivity index (χ3v) is 7.41. The standard InChI is InChI=1S/C30H42O6/c1-20-10-13-27-29(35-27)19-28(26(31)12-11-24-17-21(2)14-15-33-24)36-30(32)9-5-7-23-6-4-8-25(34-23)18-22(3)16-20/h4-6,9,11-12,14,22-29,31H,1,7-8,10,13,15-19H2,2-3H3/b9-5-,12-11+/t22-,23-,24+,25?,26-,27?,28?,29?/m0/s1. The molecule has 0 radical (unpaired) electrons. The molecule has 0 spiro atoms. The van der Waals surface area contributed by atoms with Crippen molar-refractivity contribution >= 4 is 5.97 Å². The van der Waals surface area contributed by atoms with Crippen molar-refractivity contribution in [3.8, 4) is 0 Å². The molecule has 0 aromatic carbocycles. The average Bonchev–Trinajstić information content (AvgIpc) is 3.58. The first-order valence-electron chi connectivity index (χ1n) is 13.5. The van der Waals surface area contributed by atoms with Crippen LogP contribution in [0.3, 0.4) is 0 Å². The number of hydrogen-bond donors (Lipinski definition) is 1. The molecule has 0 amide bonds. The summed E-state index contributed by atoms with van der Waals surface area (Å²) in [4.78, 5) is 12.6. The van der Waals surface area contributed by atoms with Crippen LogP contribution in [0, 0.1) is 5.92 Å². The molecule has 1 saturated heterocycles. The number of carbonyl (C=O) groups is 1. The highest BCUT2D eigenvalue weighted by molar-refractivity contribution is 5.82. The van der Waals surface area contributed by atoms with Gasteiger partial charge in [-0.05, 0) is 57.8 Å². The summed E-state index contributed by atoms with van der Waals surface area (Å²) in [6.07, 6.45) is 18.3. The Kier molecular flexibility index (Phi) is 9.77. The number of epoxide rings is 1. The number of cyclic esters (lactones) is 1. The van der Waals surface area contributed by atoms with Crippen LogP contribution in [-0.4, -0.2) is 60.4 Å². The van der Waals surface area contributed by atoms with Gasteiger partial charge in [0.15, 0.2) is 0 Å². The van der Waals surface area contributed by atoms with E-state index in [1.807, 2.05) is 6.08 Å². The predicted molar refractivity (Wildman–Crippen MR) is 139 cm³/mol. The van der Waals surface area contributed by atoms with Gasteiger partial charge in [-0.1, -0.05) is 61.1 Å². The molecule has 4 aliphatic rings. The average molecular weight is 499 g/mol. The lowest BCUT2D eigenvalue weighted by molar-refractivity contribution is -0.148. The van der Waals surface area contributed by atoms with E-state index in [0.717, 1.165) is 38.5 Å². The smallest absolute Gasteiger partial charge is 0.330 e. The summed E-state index contributed by atoms with van der Waals surface area (Å²) in [5.41, 5.74) is 2.51. The van der Waals surface area contributed by atoms with Gasteiger partial charge in [0.1, 0.15) is 12.2 Å². The van der Waals surface area contributed by atoms with Gasteiger partial charge in [0.25, 0.3) is 0 Å². The molecule has 0 aliphatic carbocycles. The van der Waals surface area contributed by atoms with E-state index in [-0.39, 0.29) is 30.5 Å². The Labute approximate surface area is 215 Å². The van der Waals surface area contributed by atoms with Gasteiger partial charge in [-0.25, -0.2) is 4.79 Å². The maximum absolute atomic E-state index is 12.6. The van der Waals surface area contributed by atoms with Gasteiger partial charge in [0.2, 0.25) is 0 Å². The number of aliphatic hydroxyl groups is 1. The molecule has 0 aromatic heterocycles. The first-order chi connectivity index (χ1) is 17.4. The normalized spacial score (nSPS) is 38.3. The lowest BCUT2D eigenvalue weighted by Crippen LogP contribution is -2.32. The fraction of sp³-hybridized carbons (Fsp3) is 0.633. The van der Waals surface area contributed by atoms with Crippen LogP contribution < -0.4 is 0 Å². The van der Waals surface area contributed by atoms with E-state index < -0.39 is 18.2 Å². The summed E-state index contributed by atoms with van der Waals surface area (Å²) in [5.74, 6) is 0.0468. The van der Waals surface area contributed by atoms with Crippen molar-refractivity contribution in [1.82, 2.24) is 0 Å². The first kappa shape index (κ1) is 27.1. The van der Waals surface area contributed by atoms with E-state index >= 15 is 0 Å². The fourth-order valence-corrected chi connectivity index (χ4v) is 5.36. The SMILES string of the molecule is C=C1CCC2OC2CC([C@@H](O)/C=C/[C@@H]2CC(C)=CCO2)OC(=O)/C=C\C[C@@H]2C=CCC(C[C@@H](C)C1)O2. The van der Waals surface area contributed by atoms with Crippen LogP contribution in [-0.2, 0) is 23.7 Å². The number of carbonyl (C=O) groups excluding carboxylic acids is 1. The summed E-state index contributed by atoms with van der Waals surface area (Å²) in [7, 11) is 0. The molecular formula is C30H42O6. The minimum atomic E-state index is -0.936. The molecule has 6 heteroatoms. The summed E-state index contributed by atoms with van der Waals surface area (Å²) >= 11 is 0.